The van der Waals surface area contributed by atoms with Crippen molar-refractivity contribution < 1.29 is 0 Å². The van der Waals surface area contributed by atoms with E-state index in [0.29, 0.717) is 0 Å². The van der Waals surface area contributed by atoms with Crippen LogP contribution in [0, 0.1) is 0 Å². The van der Waals surface area contributed by atoms with E-state index in [2.05, 4.69) is 20.9 Å². The summed E-state index contributed by atoms with van der Waals surface area (Å²) in [5.41, 5.74) is 2.23. The molecule has 0 unspecified atom stereocenters. The first-order chi connectivity index (χ1) is 6.40. The Morgan fingerprint density at radius 1 is 1.46 bits per heavy atom. The quantitative estimate of drug-likeness (QED) is 0.727. The van der Waals surface area contributed by atoms with Gasteiger partial charge in [-0.3, -0.25) is 0 Å². The fourth-order valence-corrected chi connectivity index (χ4v) is 1.91. The van der Waals surface area contributed by atoms with Crippen LogP contribution in [0.1, 0.15) is 11.3 Å². The molecule has 0 aromatic carbocycles. The number of hydrogen-bond donors (Lipinski definition) is 0. The minimum absolute atomic E-state index is 0.880. The molecule has 2 nitrogen and oxygen atoms in total. The first-order valence-corrected chi connectivity index (χ1v) is 4.90. The van der Waals surface area contributed by atoms with Gasteiger partial charge in [0, 0.05) is 23.3 Å². The average molecular weight is 190 g/mol. The lowest BCUT2D eigenvalue weighted by Gasteiger charge is -2.00. The third-order valence-corrected chi connectivity index (χ3v) is 2.58. The standard InChI is InChI=1S/C10H10N2S/c1-2-10-9(8-13-11-10)7-12-5-3-4-6-12/h2-6,8H,1,7H2. The maximum absolute atomic E-state index is 4.23. The fourth-order valence-electron chi connectivity index (χ4n) is 1.22. The van der Waals surface area contributed by atoms with Crippen molar-refractivity contribution in [3.05, 3.63) is 47.7 Å². The van der Waals surface area contributed by atoms with Gasteiger partial charge >= 0.3 is 0 Å². The molecule has 13 heavy (non-hydrogen) atoms. The Labute approximate surface area is 81.3 Å². The van der Waals surface area contributed by atoms with Crippen LogP contribution < -0.4 is 0 Å². The maximum atomic E-state index is 4.23. The van der Waals surface area contributed by atoms with Crippen LogP contribution in [0.3, 0.4) is 0 Å². The van der Waals surface area contributed by atoms with E-state index in [1.165, 1.54) is 17.1 Å². The van der Waals surface area contributed by atoms with Crippen LogP contribution in [0.5, 0.6) is 0 Å². The van der Waals surface area contributed by atoms with Gasteiger partial charge in [-0.15, -0.1) is 0 Å². The van der Waals surface area contributed by atoms with Crippen LogP contribution in [0.4, 0.5) is 0 Å². The second kappa shape index (κ2) is 3.58. The van der Waals surface area contributed by atoms with Gasteiger partial charge in [0.05, 0.1) is 12.2 Å². The third-order valence-electron chi connectivity index (χ3n) is 1.89. The van der Waals surface area contributed by atoms with E-state index in [9.17, 15) is 0 Å². The molecule has 66 valence electrons. The Morgan fingerprint density at radius 3 is 2.92 bits per heavy atom. The van der Waals surface area contributed by atoms with E-state index in [-0.39, 0.29) is 0 Å². The monoisotopic (exact) mass is 190 g/mol. The summed E-state index contributed by atoms with van der Waals surface area (Å²) >= 11 is 1.48. The molecule has 0 radical (unpaired) electrons. The molecule has 2 heterocycles. The Kier molecular flexibility index (Phi) is 2.27. The summed E-state index contributed by atoms with van der Waals surface area (Å²) in [4.78, 5) is 0. The fraction of sp³-hybridized carbons (Fsp3) is 0.100. The molecule has 0 amide bonds. The molecule has 0 spiro atoms. The van der Waals surface area contributed by atoms with Gasteiger partial charge in [0.15, 0.2) is 0 Å². The second-order valence-corrected chi connectivity index (χ2v) is 3.41. The van der Waals surface area contributed by atoms with Crippen molar-refractivity contribution >= 4 is 17.6 Å². The third kappa shape index (κ3) is 1.70. The second-order valence-electron chi connectivity index (χ2n) is 2.78. The zero-order valence-corrected chi connectivity index (χ0v) is 8.00. The van der Waals surface area contributed by atoms with Gasteiger partial charge in [-0.1, -0.05) is 6.58 Å². The van der Waals surface area contributed by atoms with Gasteiger partial charge in [0.25, 0.3) is 0 Å². The van der Waals surface area contributed by atoms with Crippen LogP contribution in [0.2, 0.25) is 0 Å². The molecular formula is C10H10N2S. The predicted molar refractivity (Wildman–Crippen MR) is 55.7 cm³/mol. The van der Waals surface area contributed by atoms with Gasteiger partial charge < -0.3 is 4.57 Å². The molecule has 0 aliphatic rings. The van der Waals surface area contributed by atoms with Crippen molar-refractivity contribution in [2.45, 2.75) is 6.54 Å². The van der Waals surface area contributed by atoms with Gasteiger partial charge in [0.1, 0.15) is 0 Å². The van der Waals surface area contributed by atoms with E-state index >= 15 is 0 Å². The molecule has 2 aromatic rings. The largest absolute Gasteiger partial charge is 0.350 e. The van der Waals surface area contributed by atoms with Crippen LogP contribution in [0.25, 0.3) is 6.08 Å². The van der Waals surface area contributed by atoms with E-state index in [1.807, 2.05) is 24.5 Å². The summed E-state index contributed by atoms with van der Waals surface area (Å²) in [5, 5.41) is 2.07. The topological polar surface area (TPSA) is 17.8 Å². The number of aromatic nitrogens is 2. The molecule has 0 bridgehead atoms. The Hall–Kier alpha value is -1.35. The average Bonchev–Trinajstić information content (AvgIpc) is 2.76. The Balaban J connectivity index is 2.23. The molecule has 0 aliphatic heterocycles. The highest BCUT2D eigenvalue weighted by molar-refractivity contribution is 7.03. The molecular weight excluding hydrogens is 180 g/mol. The summed E-state index contributed by atoms with van der Waals surface area (Å²) in [6, 6.07) is 4.04. The van der Waals surface area contributed by atoms with Crippen molar-refractivity contribution in [3.63, 3.8) is 0 Å². The predicted octanol–water partition coefficient (Wildman–Crippen LogP) is 2.64. The highest BCUT2D eigenvalue weighted by atomic mass is 32.1. The van der Waals surface area contributed by atoms with E-state index in [4.69, 9.17) is 0 Å². The maximum Gasteiger partial charge on any atom is 0.0812 e. The van der Waals surface area contributed by atoms with Crippen LogP contribution in [-0.2, 0) is 6.54 Å². The Bertz CT molecular complexity index is 387. The summed E-state index contributed by atoms with van der Waals surface area (Å²) in [5.74, 6) is 0. The van der Waals surface area contributed by atoms with Crippen molar-refractivity contribution in [1.29, 1.82) is 0 Å². The van der Waals surface area contributed by atoms with Gasteiger partial charge in [0.2, 0.25) is 0 Å². The summed E-state index contributed by atoms with van der Waals surface area (Å²) < 4.78 is 6.35. The lowest BCUT2D eigenvalue weighted by Crippen LogP contribution is -1.96. The summed E-state index contributed by atoms with van der Waals surface area (Å²) in [6.07, 6.45) is 5.89. The first kappa shape index (κ1) is 8.26. The number of rotatable bonds is 3. The molecule has 0 atom stereocenters. The lowest BCUT2D eigenvalue weighted by molar-refractivity contribution is 0.806. The van der Waals surface area contributed by atoms with Crippen LogP contribution in [0.15, 0.2) is 36.5 Å². The summed E-state index contributed by atoms with van der Waals surface area (Å²) in [7, 11) is 0. The highest BCUT2D eigenvalue weighted by Gasteiger charge is 2.01. The van der Waals surface area contributed by atoms with Gasteiger partial charge in [-0.05, 0) is 29.7 Å². The number of hydrogen-bond acceptors (Lipinski definition) is 2. The molecule has 0 saturated heterocycles. The SMILES string of the molecule is C=Cc1nscc1Cn1cccc1. The zero-order chi connectivity index (χ0) is 9.10. The molecule has 2 aromatic heterocycles. The molecule has 0 N–H and O–H groups in total. The molecule has 0 aliphatic carbocycles. The van der Waals surface area contributed by atoms with Crippen molar-refractivity contribution in [1.82, 2.24) is 8.94 Å². The highest BCUT2D eigenvalue weighted by Crippen LogP contribution is 2.13. The van der Waals surface area contributed by atoms with E-state index in [0.717, 1.165) is 12.2 Å². The van der Waals surface area contributed by atoms with Crippen molar-refractivity contribution in [2.24, 2.45) is 0 Å². The van der Waals surface area contributed by atoms with Gasteiger partial charge in [-0.25, -0.2) is 0 Å². The minimum atomic E-state index is 0.880. The minimum Gasteiger partial charge on any atom is -0.350 e. The van der Waals surface area contributed by atoms with E-state index < -0.39 is 0 Å². The van der Waals surface area contributed by atoms with Crippen LogP contribution in [-0.4, -0.2) is 8.94 Å². The van der Waals surface area contributed by atoms with Gasteiger partial charge in [-0.2, -0.15) is 4.37 Å². The molecule has 0 saturated carbocycles. The lowest BCUT2D eigenvalue weighted by atomic mass is 10.2. The Morgan fingerprint density at radius 2 is 2.23 bits per heavy atom. The van der Waals surface area contributed by atoms with E-state index in [1.54, 1.807) is 6.08 Å². The smallest absolute Gasteiger partial charge is 0.0812 e. The number of nitrogens with zero attached hydrogens (tertiary/aromatic N) is 2. The molecule has 3 heteroatoms. The first-order valence-electron chi connectivity index (χ1n) is 4.06. The zero-order valence-electron chi connectivity index (χ0n) is 7.18. The van der Waals surface area contributed by atoms with Crippen molar-refractivity contribution in [2.75, 3.05) is 0 Å². The molecule has 2 rings (SSSR count). The van der Waals surface area contributed by atoms with Crippen molar-refractivity contribution in [3.8, 4) is 0 Å². The normalized spacial score (nSPS) is 10.2. The molecule has 0 fully saturated rings. The van der Waals surface area contributed by atoms with Crippen LogP contribution >= 0.6 is 11.5 Å². The summed E-state index contributed by atoms with van der Waals surface area (Å²) in [6.45, 7) is 4.61.